The molecule has 0 radical (unpaired) electrons. The van der Waals surface area contributed by atoms with Gasteiger partial charge in [-0.15, -0.1) is 0 Å². The molecule has 2 N–H and O–H groups in total. The van der Waals surface area contributed by atoms with E-state index in [9.17, 15) is 10.1 Å². The van der Waals surface area contributed by atoms with E-state index >= 15 is 0 Å². The molecule has 6 heteroatoms. The van der Waals surface area contributed by atoms with Crippen molar-refractivity contribution in [3.8, 4) is 0 Å². The Morgan fingerprint density at radius 1 is 1.25 bits per heavy atom. The molecule has 0 fully saturated rings. The van der Waals surface area contributed by atoms with Crippen molar-refractivity contribution >= 4 is 17.3 Å². The molecule has 1 aromatic heterocycles. The van der Waals surface area contributed by atoms with Gasteiger partial charge >= 0.3 is 0 Å². The van der Waals surface area contributed by atoms with Crippen LogP contribution in [-0.4, -0.2) is 23.0 Å². The van der Waals surface area contributed by atoms with Gasteiger partial charge in [0.2, 0.25) is 0 Å². The minimum Gasteiger partial charge on any atom is -0.370 e. The molecule has 0 spiro atoms. The van der Waals surface area contributed by atoms with Gasteiger partial charge in [-0.1, -0.05) is 26.7 Å². The zero-order valence-corrected chi connectivity index (χ0v) is 12.5. The Morgan fingerprint density at radius 2 is 1.90 bits per heavy atom. The predicted octanol–water partition coefficient (Wildman–Crippen LogP) is 3.66. The molecule has 20 heavy (non-hydrogen) atoms. The Kier molecular flexibility index (Phi) is 6.76. The lowest BCUT2D eigenvalue weighted by atomic mass is 10.1. The van der Waals surface area contributed by atoms with Crippen LogP contribution in [0.1, 0.15) is 40.0 Å². The van der Waals surface area contributed by atoms with Crippen LogP contribution in [0, 0.1) is 16.0 Å². The minimum absolute atomic E-state index is 0.0561. The summed E-state index contributed by atoms with van der Waals surface area (Å²) in [6, 6.07) is 2.93. The Morgan fingerprint density at radius 3 is 2.45 bits per heavy atom. The first-order valence-corrected chi connectivity index (χ1v) is 7.17. The van der Waals surface area contributed by atoms with E-state index in [-0.39, 0.29) is 5.69 Å². The van der Waals surface area contributed by atoms with Crippen LogP contribution < -0.4 is 10.6 Å². The Hall–Kier alpha value is -1.85. The number of nitro groups is 1. The summed E-state index contributed by atoms with van der Waals surface area (Å²) >= 11 is 0. The van der Waals surface area contributed by atoms with Crippen LogP contribution in [0.3, 0.4) is 0 Å². The molecule has 1 rings (SSSR count). The summed E-state index contributed by atoms with van der Waals surface area (Å²) < 4.78 is 0. The van der Waals surface area contributed by atoms with Crippen LogP contribution in [0.15, 0.2) is 12.1 Å². The van der Waals surface area contributed by atoms with E-state index in [0.717, 1.165) is 19.4 Å². The van der Waals surface area contributed by atoms with Crippen molar-refractivity contribution in [1.29, 1.82) is 0 Å². The molecule has 0 aromatic carbocycles. The van der Waals surface area contributed by atoms with Crippen LogP contribution in [0.5, 0.6) is 0 Å². The van der Waals surface area contributed by atoms with Crippen LogP contribution in [0.4, 0.5) is 17.3 Å². The number of nitrogens with zero attached hydrogens (tertiary/aromatic N) is 2. The highest BCUT2D eigenvalue weighted by molar-refractivity contribution is 5.54. The fourth-order valence-electron chi connectivity index (χ4n) is 1.88. The standard InChI is InChI=1S/C14H24N4O2/c1-4-15-13-9-12(18(19)20)10-14(17-13)16-8-6-5-7-11(2)3/h9-11H,4-8H2,1-3H3,(H2,15,16,17). The second kappa shape index (κ2) is 8.35. The van der Waals surface area contributed by atoms with E-state index < -0.39 is 4.92 Å². The van der Waals surface area contributed by atoms with Crippen molar-refractivity contribution in [2.45, 2.75) is 40.0 Å². The van der Waals surface area contributed by atoms with Crippen molar-refractivity contribution in [3.63, 3.8) is 0 Å². The van der Waals surface area contributed by atoms with Gasteiger partial charge in [-0.2, -0.15) is 0 Å². The highest BCUT2D eigenvalue weighted by atomic mass is 16.6. The second-order valence-corrected chi connectivity index (χ2v) is 5.20. The van der Waals surface area contributed by atoms with Crippen LogP contribution in [-0.2, 0) is 0 Å². The zero-order chi connectivity index (χ0) is 15.0. The first kappa shape index (κ1) is 16.2. The van der Waals surface area contributed by atoms with Gasteiger partial charge in [-0.05, 0) is 19.3 Å². The van der Waals surface area contributed by atoms with E-state index in [4.69, 9.17) is 0 Å². The molecular weight excluding hydrogens is 256 g/mol. The number of pyridine rings is 1. The number of nitrogens with one attached hydrogen (secondary N) is 2. The molecule has 6 nitrogen and oxygen atoms in total. The largest absolute Gasteiger partial charge is 0.370 e. The van der Waals surface area contributed by atoms with Gasteiger partial charge in [0.15, 0.2) is 0 Å². The van der Waals surface area contributed by atoms with Crippen molar-refractivity contribution in [2.75, 3.05) is 23.7 Å². The van der Waals surface area contributed by atoms with E-state index in [1.165, 1.54) is 18.6 Å². The molecule has 0 unspecified atom stereocenters. The summed E-state index contributed by atoms with van der Waals surface area (Å²) in [5.41, 5.74) is 0.0561. The van der Waals surface area contributed by atoms with Gasteiger partial charge in [-0.25, -0.2) is 4.98 Å². The molecule has 0 saturated carbocycles. The monoisotopic (exact) mass is 280 g/mol. The number of unbranched alkanes of at least 4 members (excludes halogenated alkanes) is 1. The normalized spacial score (nSPS) is 10.6. The van der Waals surface area contributed by atoms with Crippen LogP contribution in [0.25, 0.3) is 0 Å². The summed E-state index contributed by atoms with van der Waals surface area (Å²) in [6.45, 7) is 7.81. The fourth-order valence-corrected chi connectivity index (χ4v) is 1.88. The molecule has 1 aromatic rings. The topological polar surface area (TPSA) is 80.1 Å². The highest BCUT2D eigenvalue weighted by Crippen LogP contribution is 2.20. The van der Waals surface area contributed by atoms with E-state index in [1.807, 2.05) is 6.92 Å². The third-order valence-corrected chi connectivity index (χ3v) is 2.89. The maximum absolute atomic E-state index is 10.9. The number of rotatable bonds is 9. The lowest BCUT2D eigenvalue weighted by Crippen LogP contribution is -2.07. The summed E-state index contributed by atoms with van der Waals surface area (Å²) in [7, 11) is 0. The summed E-state index contributed by atoms with van der Waals surface area (Å²) in [6.07, 6.45) is 3.39. The summed E-state index contributed by atoms with van der Waals surface area (Å²) in [5, 5.41) is 17.0. The second-order valence-electron chi connectivity index (χ2n) is 5.20. The van der Waals surface area contributed by atoms with Gasteiger partial charge in [0, 0.05) is 13.1 Å². The van der Waals surface area contributed by atoms with Crippen molar-refractivity contribution < 1.29 is 4.92 Å². The van der Waals surface area contributed by atoms with Crippen molar-refractivity contribution in [2.24, 2.45) is 5.92 Å². The van der Waals surface area contributed by atoms with E-state index in [0.29, 0.717) is 24.1 Å². The van der Waals surface area contributed by atoms with Crippen molar-refractivity contribution in [3.05, 3.63) is 22.2 Å². The smallest absolute Gasteiger partial charge is 0.276 e. The van der Waals surface area contributed by atoms with Gasteiger partial charge < -0.3 is 10.6 Å². The fraction of sp³-hybridized carbons (Fsp3) is 0.643. The van der Waals surface area contributed by atoms with Gasteiger partial charge in [-0.3, -0.25) is 10.1 Å². The number of aromatic nitrogens is 1. The van der Waals surface area contributed by atoms with Gasteiger partial charge in [0.05, 0.1) is 17.1 Å². The maximum Gasteiger partial charge on any atom is 0.276 e. The van der Waals surface area contributed by atoms with Gasteiger partial charge in [0.25, 0.3) is 5.69 Å². The number of hydrogen-bond donors (Lipinski definition) is 2. The maximum atomic E-state index is 10.9. The quantitative estimate of drug-likeness (QED) is 0.410. The predicted molar refractivity (Wildman–Crippen MR) is 82.2 cm³/mol. The Labute approximate surface area is 120 Å². The molecule has 0 saturated heterocycles. The van der Waals surface area contributed by atoms with Crippen LogP contribution in [0.2, 0.25) is 0 Å². The first-order valence-electron chi connectivity index (χ1n) is 7.17. The Balaban J connectivity index is 2.57. The Bertz CT molecular complexity index is 435. The first-order chi connectivity index (χ1) is 9.52. The molecule has 0 aliphatic heterocycles. The lowest BCUT2D eigenvalue weighted by Gasteiger charge is -2.09. The average molecular weight is 280 g/mol. The highest BCUT2D eigenvalue weighted by Gasteiger charge is 2.10. The molecule has 0 amide bonds. The third kappa shape index (κ3) is 5.86. The average Bonchev–Trinajstić information content (AvgIpc) is 2.38. The molecule has 112 valence electrons. The molecule has 0 aliphatic rings. The lowest BCUT2D eigenvalue weighted by molar-refractivity contribution is -0.384. The van der Waals surface area contributed by atoms with Gasteiger partial charge in [0.1, 0.15) is 11.6 Å². The third-order valence-electron chi connectivity index (χ3n) is 2.89. The molecule has 0 atom stereocenters. The zero-order valence-electron chi connectivity index (χ0n) is 12.5. The molecular formula is C14H24N4O2. The van der Waals surface area contributed by atoms with Crippen LogP contribution >= 0.6 is 0 Å². The SMILES string of the molecule is CCNc1cc([N+](=O)[O-])cc(NCCCCC(C)C)n1. The van der Waals surface area contributed by atoms with Crippen molar-refractivity contribution in [1.82, 2.24) is 4.98 Å². The number of hydrogen-bond acceptors (Lipinski definition) is 5. The summed E-state index contributed by atoms with van der Waals surface area (Å²) in [5.74, 6) is 1.80. The van der Waals surface area contributed by atoms with E-state index in [2.05, 4.69) is 29.5 Å². The molecule has 0 aliphatic carbocycles. The molecule has 0 bridgehead atoms. The summed E-state index contributed by atoms with van der Waals surface area (Å²) in [4.78, 5) is 14.8. The molecule has 1 heterocycles. The number of anilines is 2. The van der Waals surface area contributed by atoms with E-state index in [1.54, 1.807) is 0 Å². The minimum atomic E-state index is -0.396.